The lowest BCUT2D eigenvalue weighted by atomic mass is 10.0. The Hall–Kier alpha value is -2.21. The summed E-state index contributed by atoms with van der Waals surface area (Å²) in [5.41, 5.74) is 6.59. The van der Waals surface area contributed by atoms with Crippen LogP contribution < -0.4 is 11.6 Å². The minimum Gasteiger partial charge on any atom is -0.379 e. The van der Waals surface area contributed by atoms with Gasteiger partial charge in [-0.15, -0.1) is 5.10 Å². The number of nitrogens with two attached hydrogens (primary N) is 2. The molecule has 1 saturated carbocycles. The first kappa shape index (κ1) is 14.2. The Labute approximate surface area is 117 Å². The van der Waals surface area contributed by atoms with Gasteiger partial charge < -0.3 is 5.73 Å². The van der Waals surface area contributed by atoms with Crippen LogP contribution in [0.25, 0.3) is 0 Å². The summed E-state index contributed by atoms with van der Waals surface area (Å²) >= 11 is 0. The number of hydrazine groups is 1. The number of nitrogens with zero attached hydrogens (tertiary/aromatic N) is 2. The maximum absolute atomic E-state index is 12.0. The number of rotatable bonds is 5. The molecule has 0 spiro atoms. The molecule has 6 nitrogen and oxygen atoms in total. The van der Waals surface area contributed by atoms with E-state index in [1.165, 1.54) is 0 Å². The Morgan fingerprint density at radius 3 is 2.65 bits per heavy atom. The van der Waals surface area contributed by atoms with E-state index in [1.54, 1.807) is 0 Å². The van der Waals surface area contributed by atoms with E-state index in [1.807, 2.05) is 30.3 Å². The number of hydrogen-bond donors (Lipinski definition) is 2. The third-order valence-corrected chi connectivity index (χ3v) is 3.30. The normalized spacial score (nSPS) is 19.1. The molecule has 0 aliphatic heterocycles. The molecule has 1 aromatic carbocycles. The van der Waals surface area contributed by atoms with E-state index in [2.05, 4.69) is 5.10 Å². The Kier molecular flexibility index (Phi) is 4.47. The lowest BCUT2D eigenvalue weighted by Gasteiger charge is -2.14. The van der Waals surface area contributed by atoms with Gasteiger partial charge in [0.25, 0.3) is 0 Å². The van der Waals surface area contributed by atoms with Gasteiger partial charge in [0.1, 0.15) is 5.78 Å². The zero-order valence-corrected chi connectivity index (χ0v) is 11.2. The highest BCUT2D eigenvalue weighted by molar-refractivity contribution is 6.42. The van der Waals surface area contributed by atoms with Crippen LogP contribution >= 0.6 is 0 Å². The Balaban J connectivity index is 1.98. The first-order chi connectivity index (χ1) is 9.58. The summed E-state index contributed by atoms with van der Waals surface area (Å²) in [7, 11) is 0. The van der Waals surface area contributed by atoms with E-state index < -0.39 is 11.7 Å². The van der Waals surface area contributed by atoms with E-state index in [4.69, 9.17) is 11.6 Å². The maximum atomic E-state index is 12.0. The molecule has 1 aliphatic rings. The van der Waals surface area contributed by atoms with E-state index in [-0.39, 0.29) is 11.6 Å². The fourth-order valence-corrected chi connectivity index (χ4v) is 2.26. The number of carbonyl (C=O) groups is 2. The van der Waals surface area contributed by atoms with Gasteiger partial charge in [0.15, 0.2) is 5.84 Å². The maximum Gasteiger partial charge on any atom is 0.209 e. The molecular weight excluding hydrogens is 256 g/mol. The van der Waals surface area contributed by atoms with Crippen molar-refractivity contribution in [2.75, 3.05) is 0 Å². The van der Waals surface area contributed by atoms with Crippen molar-refractivity contribution in [1.29, 1.82) is 0 Å². The number of hydrogen-bond acceptors (Lipinski definition) is 5. The van der Waals surface area contributed by atoms with Crippen LogP contribution in [-0.2, 0) is 16.1 Å². The molecule has 1 atom stereocenters. The van der Waals surface area contributed by atoms with Crippen molar-refractivity contribution in [3.8, 4) is 0 Å². The van der Waals surface area contributed by atoms with Crippen LogP contribution in [0.5, 0.6) is 0 Å². The molecule has 0 bridgehead atoms. The van der Waals surface area contributed by atoms with Crippen molar-refractivity contribution < 1.29 is 9.59 Å². The molecule has 4 N–H and O–H groups in total. The van der Waals surface area contributed by atoms with Crippen molar-refractivity contribution in [3.05, 3.63) is 35.9 Å². The van der Waals surface area contributed by atoms with Gasteiger partial charge in [-0.05, 0) is 18.4 Å². The van der Waals surface area contributed by atoms with Gasteiger partial charge in [-0.1, -0.05) is 30.3 Å². The molecule has 0 saturated heterocycles. The SMILES string of the molecule is N/C(=N\N(N)Cc1ccccc1)C(=O)C1CCCC1=O. The molecular formula is C14H18N4O2. The van der Waals surface area contributed by atoms with Crippen molar-refractivity contribution in [2.45, 2.75) is 25.8 Å². The molecule has 1 aliphatic carbocycles. The highest BCUT2D eigenvalue weighted by atomic mass is 16.2. The first-order valence-corrected chi connectivity index (χ1v) is 6.55. The van der Waals surface area contributed by atoms with Gasteiger partial charge in [0.05, 0.1) is 12.5 Å². The number of ketones is 2. The van der Waals surface area contributed by atoms with Crippen LogP contribution in [0.15, 0.2) is 35.4 Å². The first-order valence-electron chi connectivity index (χ1n) is 6.55. The van der Waals surface area contributed by atoms with Gasteiger partial charge in [0, 0.05) is 6.42 Å². The van der Waals surface area contributed by atoms with E-state index in [0.29, 0.717) is 19.4 Å². The van der Waals surface area contributed by atoms with Gasteiger partial charge in [0.2, 0.25) is 5.78 Å². The largest absolute Gasteiger partial charge is 0.379 e. The summed E-state index contributed by atoms with van der Waals surface area (Å²) in [6, 6.07) is 9.47. The molecule has 106 valence electrons. The Bertz CT molecular complexity index is 527. The van der Waals surface area contributed by atoms with Crippen molar-refractivity contribution in [1.82, 2.24) is 5.12 Å². The highest BCUT2D eigenvalue weighted by Crippen LogP contribution is 2.22. The summed E-state index contributed by atoms with van der Waals surface area (Å²) in [4.78, 5) is 23.5. The lowest BCUT2D eigenvalue weighted by Crippen LogP contribution is -2.36. The molecule has 1 unspecified atom stereocenters. The Morgan fingerprint density at radius 1 is 1.35 bits per heavy atom. The van der Waals surface area contributed by atoms with Crippen LogP contribution in [0.4, 0.5) is 0 Å². The summed E-state index contributed by atoms with van der Waals surface area (Å²) < 4.78 is 0. The molecule has 2 rings (SSSR count). The average Bonchev–Trinajstić information content (AvgIpc) is 2.85. The number of amidine groups is 1. The number of carbonyl (C=O) groups excluding carboxylic acids is 2. The van der Waals surface area contributed by atoms with Gasteiger partial charge in [-0.25, -0.2) is 11.0 Å². The Morgan fingerprint density at radius 2 is 2.05 bits per heavy atom. The summed E-state index contributed by atoms with van der Waals surface area (Å²) in [6.07, 6.45) is 1.73. The van der Waals surface area contributed by atoms with Gasteiger partial charge in [-0.2, -0.15) is 0 Å². The summed E-state index contributed by atoms with van der Waals surface area (Å²) in [5, 5.41) is 4.97. The standard InChI is InChI=1S/C14H18N4O2/c15-14(13(20)11-7-4-8-12(11)19)17-18(16)9-10-5-2-1-3-6-10/h1-3,5-6,11H,4,7-9,16H2,(H2,15,17). The second-order valence-electron chi connectivity index (χ2n) is 4.84. The second-order valence-corrected chi connectivity index (χ2v) is 4.84. The topological polar surface area (TPSA) is 102 Å². The molecule has 0 radical (unpaired) electrons. The predicted molar refractivity (Wildman–Crippen MR) is 75.1 cm³/mol. The molecule has 20 heavy (non-hydrogen) atoms. The predicted octanol–water partition coefficient (Wildman–Crippen LogP) is 0.573. The van der Waals surface area contributed by atoms with Crippen molar-refractivity contribution in [3.63, 3.8) is 0 Å². The summed E-state index contributed by atoms with van der Waals surface area (Å²) in [6.45, 7) is 0.341. The lowest BCUT2D eigenvalue weighted by molar-refractivity contribution is -0.127. The molecule has 0 amide bonds. The smallest absolute Gasteiger partial charge is 0.209 e. The van der Waals surface area contributed by atoms with Crippen LogP contribution in [0, 0.1) is 5.92 Å². The van der Waals surface area contributed by atoms with Gasteiger partial charge in [-0.3, -0.25) is 9.59 Å². The fourth-order valence-electron chi connectivity index (χ4n) is 2.26. The quantitative estimate of drug-likeness (QED) is 0.269. The van der Waals surface area contributed by atoms with E-state index in [0.717, 1.165) is 17.1 Å². The van der Waals surface area contributed by atoms with Crippen molar-refractivity contribution >= 4 is 17.4 Å². The van der Waals surface area contributed by atoms with Crippen molar-refractivity contribution in [2.24, 2.45) is 22.6 Å². The molecule has 0 heterocycles. The highest BCUT2D eigenvalue weighted by Gasteiger charge is 2.32. The van der Waals surface area contributed by atoms with E-state index >= 15 is 0 Å². The van der Waals surface area contributed by atoms with Crippen LogP contribution in [0.1, 0.15) is 24.8 Å². The fraction of sp³-hybridized carbons (Fsp3) is 0.357. The molecule has 6 heteroatoms. The van der Waals surface area contributed by atoms with Crippen LogP contribution in [0.3, 0.4) is 0 Å². The third kappa shape index (κ3) is 3.42. The minimum absolute atomic E-state index is 0.0558. The second kappa shape index (κ2) is 6.29. The number of benzene rings is 1. The molecule has 0 aromatic heterocycles. The molecule has 1 aromatic rings. The minimum atomic E-state index is -0.635. The third-order valence-electron chi connectivity index (χ3n) is 3.30. The zero-order chi connectivity index (χ0) is 14.5. The van der Waals surface area contributed by atoms with Gasteiger partial charge >= 0.3 is 0 Å². The summed E-state index contributed by atoms with van der Waals surface area (Å²) in [5.74, 6) is 4.39. The monoisotopic (exact) mass is 274 g/mol. The number of Topliss-reactive ketones (excluding diaryl/α,β-unsaturated/α-hetero) is 2. The van der Waals surface area contributed by atoms with Crippen LogP contribution in [-0.4, -0.2) is 22.5 Å². The van der Waals surface area contributed by atoms with E-state index in [9.17, 15) is 9.59 Å². The average molecular weight is 274 g/mol. The number of hydrazone groups is 1. The molecule has 1 fully saturated rings. The van der Waals surface area contributed by atoms with Crippen LogP contribution in [0.2, 0.25) is 0 Å². The zero-order valence-electron chi connectivity index (χ0n) is 11.2.